The molecule has 1 unspecified atom stereocenters. The molecule has 1 aliphatic heterocycles. The van der Waals surface area contributed by atoms with Crippen LogP contribution in [0.25, 0.3) is 23.0 Å². The molecule has 0 amide bonds. The highest BCUT2D eigenvalue weighted by Gasteiger charge is 2.31. The fraction of sp³-hybridized carbons (Fsp3) is 0.333. The van der Waals surface area contributed by atoms with Crippen molar-refractivity contribution in [3.8, 4) is 28.7 Å². The zero-order valence-electron chi connectivity index (χ0n) is 19.3. The Morgan fingerprint density at radius 2 is 2.00 bits per heavy atom. The number of hydrogen-bond acceptors (Lipinski definition) is 8. The van der Waals surface area contributed by atoms with Gasteiger partial charge in [-0.3, -0.25) is 4.68 Å². The summed E-state index contributed by atoms with van der Waals surface area (Å²) < 4.78 is 53.8. The molecule has 0 bridgehead atoms. The van der Waals surface area contributed by atoms with Gasteiger partial charge in [-0.2, -0.15) is 10.1 Å². The molecule has 1 N–H and O–H groups in total. The molecule has 4 heterocycles. The first-order valence-electron chi connectivity index (χ1n) is 11.4. The van der Waals surface area contributed by atoms with E-state index in [0.717, 1.165) is 43.1 Å². The monoisotopic (exact) mass is 500 g/mol. The number of nitrogens with one attached hydrogen (secondary N) is 1. The van der Waals surface area contributed by atoms with Crippen LogP contribution < -0.4 is 10.1 Å². The average Bonchev–Trinajstić information content (AvgIpc) is 3.60. The molecule has 9 nitrogen and oxygen atoms in total. The van der Waals surface area contributed by atoms with E-state index in [2.05, 4.69) is 30.3 Å². The lowest BCUT2D eigenvalue weighted by Crippen LogP contribution is -2.19. The molecule has 5 rings (SSSR count). The Morgan fingerprint density at radius 3 is 2.75 bits per heavy atom. The number of hydrogen-bond donors (Lipinski definition) is 1. The second-order valence-corrected chi connectivity index (χ2v) is 8.39. The van der Waals surface area contributed by atoms with Gasteiger partial charge in [-0.05, 0) is 67.8 Å². The smallest absolute Gasteiger partial charge is 0.406 e. The zero-order valence-corrected chi connectivity index (χ0v) is 19.3. The van der Waals surface area contributed by atoms with Crippen molar-refractivity contribution in [1.82, 2.24) is 24.9 Å². The van der Waals surface area contributed by atoms with E-state index in [4.69, 9.17) is 9.26 Å². The number of aryl methyl sites for hydroxylation is 1. The molecule has 0 aliphatic carbocycles. The Bertz CT molecular complexity index is 1310. The zero-order chi connectivity index (χ0) is 25.1. The summed E-state index contributed by atoms with van der Waals surface area (Å²) in [6, 6.07) is 11.0. The van der Waals surface area contributed by atoms with Crippen molar-refractivity contribution in [2.45, 2.75) is 38.8 Å². The molecule has 36 heavy (non-hydrogen) atoms. The first-order valence-corrected chi connectivity index (χ1v) is 11.4. The molecule has 1 atom stereocenters. The summed E-state index contributed by atoms with van der Waals surface area (Å²) in [5, 5.41) is 11.8. The van der Waals surface area contributed by atoms with Crippen molar-refractivity contribution in [3.05, 3.63) is 59.9 Å². The summed E-state index contributed by atoms with van der Waals surface area (Å²) in [7, 11) is 0. The molecule has 1 saturated heterocycles. The van der Waals surface area contributed by atoms with E-state index in [1.165, 1.54) is 24.3 Å². The van der Waals surface area contributed by atoms with Crippen LogP contribution in [-0.2, 0) is 11.3 Å². The van der Waals surface area contributed by atoms with E-state index in [9.17, 15) is 13.2 Å². The van der Waals surface area contributed by atoms with Gasteiger partial charge in [0, 0.05) is 30.6 Å². The lowest BCUT2D eigenvalue weighted by Gasteiger charge is -2.12. The molecule has 0 radical (unpaired) electrons. The highest BCUT2D eigenvalue weighted by atomic mass is 19.4. The molecule has 1 aliphatic rings. The lowest BCUT2D eigenvalue weighted by molar-refractivity contribution is -0.274. The summed E-state index contributed by atoms with van der Waals surface area (Å²) in [6.45, 7) is 3.97. The van der Waals surface area contributed by atoms with E-state index in [1.54, 1.807) is 6.20 Å². The maximum absolute atomic E-state index is 12.4. The molecule has 0 spiro atoms. The van der Waals surface area contributed by atoms with Gasteiger partial charge in [0.05, 0.1) is 12.6 Å². The van der Waals surface area contributed by atoms with E-state index >= 15 is 0 Å². The number of benzene rings is 1. The molecule has 4 aromatic rings. The van der Waals surface area contributed by atoms with Crippen LogP contribution in [-0.4, -0.2) is 50.5 Å². The van der Waals surface area contributed by atoms with Gasteiger partial charge in [-0.15, -0.1) is 13.2 Å². The summed E-state index contributed by atoms with van der Waals surface area (Å²) in [5.74, 6) is 0.884. The maximum Gasteiger partial charge on any atom is 0.573 e. The molecule has 12 heteroatoms. The Hall–Kier alpha value is -3.93. The van der Waals surface area contributed by atoms with Gasteiger partial charge in [-0.25, -0.2) is 4.98 Å². The third-order valence-corrected chi connectivity index (χ3v) is 5.66. The molecular formula is C24H23F3N6O3. The minimum Gasteiger partial charge on any atom is -0.406 e. The van der Waals surface area contributed by atoms with Crippen LogP contribution in [0.4, 0.5) is 19.0 Å². The average molecular weight is 500 g/mol. The Balaban J connectivity index is 1.26. The first kappa shape index (κ1) is 23.8. The van der Waals surface area contributed by atoms with Crippen molar-refractivity contribution in [3.63, 3.8) is 0 Å². The van der Waals surface area contributed by atoms with Gasteiger partial charge < -0.3 is 19.3 Å². The minimum absolute atomic E-state index is 0.205. The number of ether oxygens (including phenoxy) is 2. The van der Waals surface area contributed by atoms with Gasteiger partial charge in [0.15, 0.2) is 5.69 Å². The molecule has 3 aromatic heterocycles. The third kappa shape index (κ3) is 5.82. The second-order valence-electron chi connectivity index (χ2n) is 8.39. The SMILES string of the molecule is Cc1cc(-c2nc(-c3ccc(OC(F)(F)F)cc3)no2)nn1Cc1ccnc(NCC2CCCO2)c1. The van der Waals surface area contributed by atoms with Gasteiger partial charge >= 0.3 is 6.36 Å². The van der Waals surface area contributed by atoms with Gasteiger partial charge in [0.2, 0.25) is 5.82 Å². The van der Waals surface area contributed by atoms with Crippen molar-refractivity contribution in [2.75, 3.05) is 18.5 Å². The molecular weight excluding hydrogens is 477 g/mol. The largest absolute Gasteiger partial charge is 0.573 e. The molecule has 1 aromatic carbocycles. The highest BCUT2D eigenvalue weighted by molar-refractivity contribution is 5.59. The van der Waals surface area contributed by atoms with Crippen molar-refractivity contribution in [2.24, 2.45) is 0 Å². The molecule has 0 saturated carbocycles. The topological polar surface area (TPSA) is 100 Å². The van der Waals surface area contributed by atoms with Crippen molar-refractivity contribution >= 4 is 5.82 Å². The van der Waals surface area contributed by atoms with Crippen LogP contribution >= 0.6 is 0 Å². The van der Waals surface area contributed by atoms with E-state index < -0.39 is 6.36 Å². The van der Waals surface area contributed by atoms with Crippen molar-refractivity contribution < 1.29 is 27.2 Å². The number of alkyl halides is 3. The van der Waals surface area contributed by atoms with Crippen LogP contribution in [0.15, 0.2) is 53.2 Å². The molecule has 1 fully saturated rings. The van der Waals surface area contributed by atoms with Gasteiger partial charge in [0.1, 0.15) is 11.6 Å². The number of aromatic nitrogens is 5. The van der Waals surface area contributed by atoms with Crippen LogP contribution in [0.5, 0.6) is 5.75 Å². The van der Waals surface area contributed by atoms with Gasteiger partial charge in [-0.1, -0.05) is 5.16 Å². The maximum atomic E-state index is 12.4. The minimum atomic E-state index is -4.75. The molecule has 188 valence electrons. The predicted molar refractivity (Wildman–Crippen MR) is 123 cm³/mol. The predicted octanol–water partition coefficient (Wildman–Crippen LogP) is 4.84. The normalized spacial score (nSPS) is 15.8. The second kappa shape index (κ2) is 9.97. The summed E-state index contributed by atoms with van der Waals surface area (Å²) in [5.41, 5.74) is 2.89. The van der Waals surface area contributed by atoms with Crippen molar-refractivity contribution in [1.29, 1.82) is 0 Å². The highest BCUT2D eigenvalue weighted by Crippen LogP contribution is 2.27. The summed E-state index contributed by atoms with van der Waals surface area (Å²) in [4.78, 5) is 8.72. The fourth-order valence-corrected chi connectivity index (χ4v) is 3.89. The number of rotatable bonds is 8. The Morgan fingerprint density at radius 1 is 1.17 bits per heavy atom. The van der Waals surface area contributed by atoms with E-state index in [0.29, 0.717) is 17.8 Å². The van der Waals surface area contributed by atoms with Gasteiger partial charge in [0.25, 0.3) is 5.89 Å². The Labute approximate surface area is 204 Å². The first-order chi connectivity index (χ1) is 17.3. The van der Waals surface area contributed by atoms with E-state index in [1.807, 2.05) is 29.8 Å². The number of nitrogens with zero attached hydrogens (tertiary/aromatic N) is 5. The number of halogens is 3. The number of anilines is 1. The Kier molecular flexibility index (Phi) is 6.59. The fourth-order valence-electron chi connectivity index (χ4n) is 3.89. The third-order valence-electron chi connectivity index (χ3n) is 5.66. The quantitative estimate of drug-likeness (QED) is 0.367. The standard InChI is InChI=1S/C24H23F3N6O3/c1-15-11-20(23-30-22(32-36-23)17-4-6-18(7-5-17)35-24(25,26)27)31-33(15)14-16-8-9-28-21(12-16)29-13-19-3-2-10-34-19/h4-9,11-12,19H,2-3,10,13-14H2,1H3,(H,28,29). The van der Waals surface area contributed by atoms with Crippen LogP contribution in [0, 0.1) is 6.92 Å². The van der Waals surface area contributed by atoms with E-state index in [-0.39, 0.29) is 23.6 Å². The summed E-state index contributed by atoms with van der Waals surface area (Å²) >= 11 is 0. The summed E-state index contributed by atoms with van der Waals surface area (Å²) in [6.07, 6.45) is -0.641. The van der Waals surface area contributed by atoms with Crippen LogP contribution in [0.3, 0.4) is 0 Å². The lowest BCUT2D eigenvalue weighted by atomic mass is 10.2. The van der Waals surface area contributed by atoms with Crippen LogP contribution in [0.1, 0.15) is 24.1 Å². The van der Waals surface area contributed by atoms with Crippen LogP contribution in [0.2, 0.25) is 0 Å². The number of pyridine rings is 1.